The lowest BCUT2D eigenvalue weighted by atomic mass is 9.86. The fourth-order valence-electron chi connectivity index (χ4n) is 5.84. The second-order valence-corrected chi connectivity index (χ2v) is 14.6. The van der Waals surface area contributed by atoms with Crippen LogP contribution in [0, 0.1) is 5.92 Å². The summed E-state index contributed by atoms with van der Waals surface area (Å²) in [5.41, 5.74) is 1.35. The third kappa shape index (κ3) is 5.27. The molecule has 4 rings (SSSR count). The largest absolute Gasteiger partial charge is 0.490 e. The maximum atomic E-state index is 13.3. The van der Waals surface area contributed by atoms with E-state index in [0.717, 1.165) is 30.6 Å². The molecule has 0 saturated carbocycles. The van der Waals surface area contributed by atoms with E-state index in [9.17, 15) is 19.5 Å². The topological polar surface area (TPSA) is 112 Å². The minimum atomic E-state index is -2.82. The van der Waals surface area contributed by atoms with Crippen LogP contribution in [0.25, 0.3) is 0 Å². The average Bonchev–Trinajstić information content (AvgIpc) is 3.31. The lowest BCUT2D eigenvalue weighted by molar-refractivity contribution is -0.133. The zero-order valence-electron chi connectivity index (χ0n) is 21.2. The predicted molar refractivity (Wildman–Crippen MR) is 135 cm³/mol. The molecule has 2 amide bonds. The molecule has 1 unspecified atom stereocenters. The number of hydrogen-bond donors (Lipinski definition) is 3. The molecule has 0 spiro atoms. The molecule has 2 fully saturated rings. The molecular formula is C25H39N3O6Si. The first-order valence-corrected chi connectivity index (χ1v) is 15.6. The average molecular weight is 506 g/mol. The molecule has 10 heteroatoms. The zero-order valence-corrected chi connectivity index (χ0v) is 22.2. The van der Waals surface area contributed by atoms with Crippen LogP contribution in [0.5, 0.6) is 5.75 Å². The molecule has 5 atom stereocenters. The summed E-state index contributed by atoms with van der Waals surface area (Å²) >= 11 is 0. The third-order valence-electron chi connectivity index (χ3n) is 7.82. The number of methoxy groups -OCH3 is 1. The van der Waals surface area contributed by atoms with E-state index in [4.69, 9.17) is 9.47 Å². The summed E-state index contributed by atoms with van der Waals surface area (Å²) in [6.07, 6.45) is 1.17. The van der Waals surface area contributed by atoms with E-state index in [0.29, 0.717) is 25.4 Å². The van der Waals surface area contributed by atoms with Gasteiger partial charge >= 0.3 is 0 Å². The molecular weight excluding hydrogens is 466 g/mol. The maximum absolute atomic E-state index is 13.3. The van der Waals surface area contributed by atoms with Crippen LogP contribution < -0.4 is 15.0 Å². The normalized spacial score (nSPS) is 28.0. The molecule has 2 saturated heterocycles. The van der Waals surface area contributed by atoms with Gasteiger partial charge in [-0.25, -0.2) is 0 Å². The fraction of sp³-hybridized carbons (Fsp3) is 0.680. The number of aliphatic hydroxyl groups is 1. The summed E-state index contributed by atoms with van der Waals surface area (Å²) in [6.45, 7) is 8.01. The molecule has 3 aliphatic rings. The molecule has 0 aromatic heterocycles. The Morgan fingerprint density at radius 1 is 1.34 bits per heavy atom. The summed E-state index contributed by atoms with van der Waals surface area (Å²) in [5.74, 6) is 0.536. The van der Waals surface area contributed by atoms with E-state index in [1.807, 2.05) is 38.2 Å². The molecule has 0 bridgehead atoms. The van der Waals surface area contributed by atoms with Gasteiger partial charge in [-0.3, -0.25) is 9.59 Å². The van der Waals surface area contributed by atoms with Crippen LogP contribution in [0.2, 0.25) is 18.6 Å². The highest BCUT2D eigenvalue weighted by molar-refractivity contribution is 6.71. The lowest BCUT2D eigenvalue weighted by Gasteiger charge is -2.44. The van der Waals surface area contributed by atoms with Gasteiger partial charge in [0, 0.05) is 55.9 Å². The minimum absolute atomic E-state index is 0.0301. The second-order valence-electron chi connectivity index (χ2n) is 10.6. The molecule has 35 heavy (non-hydrogen) atoms. The number of carbonyl (C=O) groups is 2. The van der Waals surface area contributed by atoms with Crippen LogP contribution in [0.4, 0.5) is 5.69 Å². The number of benzene rings is 1. The monoisotopic (exact) mass is 505 g/mol. The van der Waals surface area contributed by atoms with Gasteiger partial charge in [-0.1, -0.05) is 6.92 Å². The van der Waals surface area contributed by atoms with Crippen LogP contribution in [0.15, 0.2) is 18.2 Å². The number of nitrogens with zero attached hydrogens (tertiary/aromatic N) is 2. The molecule has 1 aromatic carbocycles. The first-order valence-electron chi connectivity index (χ1n) is 12.6. The Hall–Kier alpha value is -1.98. The standard InChI is InChI=1S/C25H39N3O6Si/c1-16-24(33-2)19-12-17(28-11-9-26-14-23(28)31)7-8-20(19)34-25(16)21(35(3,4)32)13-22(30)27-10-5-6-18(27)15-29/h7-8,12,16,18,21,24-26,29,32H,5-6,9-11,13-15H2,1-4H3/t16-,18+,21?,24-,25-/m1/s1. The second kappa shape index (κ2) is 10.6. The van der Waals surface area contributed by atoms with Crippen molar-refractivity contribution in [3.05, 3.63) is 23.8 Å². The van der Waals surface area contributed by atoms with Crippen molar-refractivity contribution in [2.45, 2.75) is 63.1 Å². The van der Waals surface area contributed by atoms with E-state index in [1.54, 1.807) is 16.9 Å². The van der Waals surface area contributed by atoms with Gasteiger partial charge in [-0.05, 0) is 44.1 Å². The van der Waals surface area contributed by atoms with Crippen molar-refractivity contribution in [2.75, 3.05) is 44.8 Å². The first-order chi connectivity index (χ1) is 16.7. The Kier molecular flexibility index (Phi) is 7.87. The Morgan fingerprint density at radius 2 is 2.11 bits per heavy atom. The van der Waals surface area contributed by atoms with Crippen LogP contribution in [-0.4, -0.2) is 87.0 Å². The van der Waals surface area contributed by atoms with E-state index in [2.05, 4.69) is 5.32 Å². The quantitative estimate of drug-likeness (QED) is 0.483. The van der Waals surface area contributed by atoms with Crippen LogP contribution in [0.1, 0.15) is 37.9 Å². The van der Waals surface area contributed by atoms with Crippen molar-refractivity contribution in [1.29, 1.82) is 0 Å². The minimum Gasteiger partial charge on any atom is -0.490 e. The predicted octanol–water partition coefficient (Wildman–Crippen LogP) is 1.65. The Bertz CT molecular complexity index is 938. The Labute approximate surface area is 208 Å². The number of ether oxygens (including phenoxy) is 2. The number of likely N-dealkylation sites (tertiary alicyclic amines) is 1. The number of piperazine rings is 1. The van der Waals surface area contributed by atoms with E-state index >= 15 is 0 Å². The summed E-state index contributed by atoms with van der Waals surface area (Å²) in [5, 5.41) is 12.8. The lowest BCUT2D eigenvalue weighted by Crippen LogP contribution is -2.50. The summed E-state index contributed by atoms with van der Waals surface area (Å²) in [6, 6.07) is 5.59. The molecule has 0 aliphatic carbocycles. The van der Waals surface area contributed by atoms with Crippen LogP contribution in [-0.2, 0) is 14.3 Å². The molecule has 3 N–H and O–H groups in total. The van der Waals surface area contributed by atoms with Gasteiger partial charge in [0.15, 0.2) is 8.32 Å². The molecule has 0 radical (unpaired) electrons. The van der Waals surface area contributed by atoms with E-state index in [1.165, 1.54) is 0 Å². The summed E-state index contributed by atoms with van der Waals surface area (Å²) in [7, 11) is -1.16. The maximum Gasteiger partial charge on any atom is 0.240 e. The molecule has 9 nitrogen and oxygen atoms in total. The first kappa shape index (κ1) is 26.1. The van der Waals surface area contributed by atoms with Crippen molar-refractivity contribution in [3.63, 3.8) is 0 Å². The number of amides is 2. The van der Waals surface area contributed by atoms with Gasteiger partial charge in [0.1, 0.15) is 11.9 Å². The Morgan fingerprint density at radius 3 is 2.77 bits per heavy atom. The number of carbonyl (C=O) groups excluding carboxylic acids is 2. The number of fused-ring (bicyclic) bond motifs is 1. The summed E-state index contributed by atoms with van der Waals surface area (Å²) in [4.78, 5) is 40.5. The van der Waals surface area contributed by atoms with Gasteiger partial charge < -0.3 is 34.5 Å². The smallest absolute Gasteiger partial charge is 0.240 e. The zero-order chi connectivity index (χ0) is 25.3. The summed E-state index contributed by atoms with van der Waals surface area (Å²) < 4.78 is 12.5. The molecule has 3 aliphatic heterocycles. The van der Waals surface area contributed by atoms with Gasteiger partial charge in [0.25, 0.3) is 0 Å². The number of nitrogens with one attached hydrogen (secondary N) is 1. The number of hydrogen-bond acceptors (Lipinski definition) is 7. The third-order valence-corrected chi connectivity index (χ3v) is 10.2. The number of anilines is 1. The van der Waals surface area contributed by atoms with Crippen molar-refractivity contribution >= 4 is 25.8 Å². The van der Waals surface area contributed by atoms with Crippen molar-refractivity contribution < 1.29 is 29.0 Å². The number of aliphatic hydroxyl groups excluding tert-OH is 1. The number of rotatable bonds is 7. The Balaban J connectivity index is 1.61. The molecule has 194 valence electrons. The van der Waals surface area contributed by atoms with Crippen molar-refractivity contribution in [3.8, 4) is 5.75 Å². The van der Waals surface area contributed by atoms with E-state index < -0.39 is 14.4 Å². The van der Waals surface area contributed by atoms with Gasteiger partial charge in [0.05, 0.1) is 25.3 Å². The highest BCUT2D eigenvalue weighted by Crippen LogP contribution is 2.47. The van der Waals surface area contributed by atoms with Gasteiger partial charge in [-0.15, -0.1) is 0 Å². The van der Waals surface area contributed by atoms with Crippen LogP contribution >= 0.6 is 0 Å². The van der Waals surface area contributed by atoms with Crippen molar-refractivity contribution in [2.24, 2.45) is 5.92 Å². The van der Waals surface area contributed by atoms with E-state index in [-0.39, 0.29) is 48.4 Å². The SMILES string of the molecule is CO[C@H]1c2cc(N3CCNCC3=O)ccc2O[C@@H](C(CC(=O)N2CCC[C@H]2CO)[Si](C)(C)O)[C@@H]1C. The molecule has 1 aromatic rings. The van der Waals surface area contributed by atoms with Gasteiger partial charge in [0.2, 0.25) is 11.8 Å². The van der Waals surface area contributed by atoms with Gasteiger partial charge in [-0.2, -0.15) is 0 Å². The highest BCUT2D eigenvalue weighted by Gasteiger charge is 2.48. The highest BCUT2D eigenvalue weighted by atomic mass is 28.4. The van der Waals surface area contributed by atoms with Crippen molar-refractivity contribution in [1.82, 2.24) is 10.2 Å². The van der Waals surface area contributed by atoms with Crippen LogP contribution in [0.3, 0.4) is 0 Å². The molecule has 3 heterocycles. The fourth-order valence-corrected chi connectivity index (χ4v) is 7.69.